The summed E-state index contributed by atoms with van der Waals surface area (Å²) >= 11 is 0. The van der Waals surface area contributed by atoms with E-state index >= 15 is 0 Å². The predicted octanol–water partition coefficient (Wildman–Crippen LogP) is 1.03. The van der Waals surface area contributed by atoms with Gasteiger partial charge < -0.3 is 16.2 Å². The van der Waals surface area contributed by atoms with Crippen LogP contribution in [0.25, 0.3) is 0 Å². The molecule has 0 radical (unpaired) electrons. The third kappa shape index (κ3) is 5.50. The van der Waals surface area contributed by atoms with Crippen molar-refractivity contribution in [2.24, 2.45) is 17.6 Å². The molecule has 4 N–H and O–H groups in total. The van der Waals surface area contributed by atoms with Gasteiger partial charge in [0.1, 0.15) is 0 Å². The van der Waals surface area contributed by atoms with E-state index in [1.807, 2.05) is 13.8 Å². The van der Waals surface area contributed by atoms with Crippen LogP contribution in [0.4, 0.5) is 0 Å². The largest absolute Gasteiger partial charge is 0.396 e. The first kappa shape index (κ1) is 14.5. The van der Waals surface area contributed by atoms with Crippen LogP contribution >= 0.6 is 0 Å². The maximum absolute atomic E-state index is 11.6. The normalized spacial score (nSPS) is 24.9. The average molecular weight is 242 g/mol. The van der Waals surface area contributed by atoms with E-state index in [0.717, 1.165) is 12.8 Å². The van der Waals surface area contributed by atoms with E-state index in [4.69, 9.17) is 5.73 Å². The molecule has 0 aliphatic heterocycles. The molecule has 1 aliphatic carbocycles. The number of nitrogens with one attached hydrogen (secondary N) is 1. The summed E-state index contributed by atoms with van der Waals surface area (Å²) < 4.78 is 0. The molecule has 0 aromatic heterocycles. The highest BCUT2D eigenvalue weighted by atomic mass is 16.3. The number of aliphatic hydroxyl groups excluding tert-OH is 1. The minimum Gasteiger partial charge on any atom is -0.396 e. The third-order valence-corrected chi connectivity index (χ3v) is 3.61. The summed E-state index contributed by atoms with van der Waals surface area (Å²) in [6.07, 6.45) is 4.56. The van der Waals surface area contributed by atoms with Gasteiger partial charge in [0, 0.05) is 25.1 Å². The molecule has 1 fully saturated rings. The van der Waals surface area contributed by atoms with Gasteiger partial charge in [-0.15, -0.1) is 0 Å². The zero-order valence-electron chi connectivity index (χ0n) is 11.0. The van der Waals surface area contributed by atoms with E-state index in [0.29, 0.717) is 31.2 Å². The Hall–Kier alpha value is -0.610. The molecule has 4 heteroatoms. The molecular formula is C13H26N2O2. The van der Waals surface area contributed by atoms with Gasteiger partial charge in [-0.25, -0.2) is 0 Å². The summed E-state index contributed by atoms with van der Waals surface area (Å²) in [6, 6.07) is 0. The van der Waals surface area contributed by atoms with Crippen LogP contribution in [0.1, 0.15) is 46.0 Å². The summed E-state index contributed by atoms with van der Waals surface area (Å²) in [6.45, 7) is 4.81. The Bertz CT molecular complexity index is 248. The minimum absolute atomic E-state index is 0.0760. The standard InChI is InChI=1S/C13H26N2O2/c1-13(2,14)7-6-12(17)15-8-10-4-3-5-11(10)9-16/h10-11,16H,3-9,14H2,1-2H3,(H,15,17). The van der Waals surface area contributed by atoms with Crippen LogP contribution in [-0.2, 0) is 4.79 Å². The van der Waals surface area contributed by atoms with Gasteiger partial charge >= 0.3 is 0 Å². The Kier molecular flexibility index (Phi) is 5.40. The molecule has 0 heterocycles. The second-order valence-corrected chi connectivity index (χ2v) is 5.93. The molecule has 1 rings (SSSR count). The van der Waals surface area contributed by atoms with E-state index in [1.165, 1.54) is 6.42 Å². The van der Waals surface area contributed by atoms with Crippen molar-refractivity contribution in [1.29, 1.82) is 0 Å². The van der Waals surface area contributed by atoms with E-state index < -0.39 is 0 Å². The van der Waals surface area contributed by atoms with Gasteiger partial charge in [0.15, 0.2) is 0 Å². The molecule has 1 saturated carbocycles. The molecule has 17 heavy (non-hydrogen) atoms. The lowest BCUT2D eigenvalue weighted by Gasteiger charge is -2.20. The van der Waals surface area contributed by atoms with Gasteiger partial charge in [-0.05, 0) is 44.9 Å². The number of amides is 1. The number of nitrogens with two attached hydrogens (primary N) is 1. The molecule has 0 aromatic rings. The summed E-state index contributed by atoms with van der Waals surface area (Å²) in [5.74, 6) is 0.906. The van der Waals surface area contributed by atoms with E-state index in [-0.39, 0.29) is 18.1 Å². The van der Waals surface area contributed by atoms with Crippen LogP contribution in [0.2, 0.25) is 0 Å². The van der Waals surface area contributed by atoms with Gasteiger partial charge in [-0.3, -0.25) is 4.79 Å². The molecule has 4 nitrogen and oxygen atoms in total. The fourth-order valence-electron chi connectivity index (χ4n) is 2.39. The van der Waals surface area contributed by atoms with Crippen molar-refractivity contribution < 1.29 is 9.90 Å². The lowest BCUT2D eigenvalue weighted by Crippen LogP contribution is -2.36. The maximum atomic E-state index is 11.6. The van der Waals surface area contributed by atoms with E-state index in [9.17, 15) is 9.90 Å². The van der Waals surface area contributed by atoms with Crippen LogP contribution in [0.15, 0.2) is 0 Å². The smallest absolute Gasteiger partial charge is 0.220 e. The van der Waals surface area contributed by atoms with Crippen LogP contribution in [0.3, 0.4) is 0 Å². The molecule has 1 amide bonds. The Morgan fingerprint density at radius 1 is 1.41 bits per heavy atom. The molecule has 0 aromatic carbocycles. The first-order valence-electron chi connectivity index (χ1n) is 6.59. The highest BCUT2D eigenvalue weighted by Gasteiger charge is 2.26. The van der Waals surface area contributed by atoms with Crippen molar-refractivity contribution in [1.82, 2.24) is 5.32 Å². The molecule has 0 saturated heterocycles. The van der Waals surface area contributed by atoms with Crippen LogP contribution < -0.4 is 11.1 Å². The Labute approximate surface area is 104 Å². The van der Waals surface area contributed by atoms with Crippen LogP contribution in [-0.4, -0.2) is 29.7 Å². The zero-order valence-corrected chi connectivity index (χ0v) is 11.0. The van der Waals surface area contributed by atoms with Crippen molar-refractivity contribution in [3.05, 3.63) is 0 Å². The van der Waals surface area contributed by atoms with E-state index in [2.05, 4.69) is 5.32 Å². The summed E-state index contributed by atoms with van der Waals surface area (Å²) in [7, 11) is 0. The maximum Gasteiger partial charge on any atom is 0.220 e. The van der Waals surface area contributed by atoms with Gasteiger partial charge in [-0.1, -0.05) is 6.42 Å². The number of rotatable bonds is 6. The molecular weight excluding hydrogens is 216 g/mol. The van der Waals surface area contributed by atoms with Crippen molar-refractivity contribution in [2.75, 3.05) is 13.2 Å². The number of hydrogen-bond acceptors (Lipinski definition) is 3. The lowest BCUT2D eigenvalue weighted by molar-refractivity contribution is -0.121. The van der Waals surface area contributed by atoms with Crippen molar-refractivity contribution >= 4 is 5.91 Å². The fraction of sp³-hybridized carbons (Fsp3) is 0.923. The SMILES string of the molecule is CC(C)(N)CCC(=O)NCC1CCCC1CO. The van der Waals surface area contributed by atoms with Gasteiger partial charge in [0.05, 0.1) is 0 Å². The van der Waals surface area contributed by atoms with Crippen molar-refractivity contribution in [3.8, 4) is 0 Å². The van der Waals surface area contributed by atoms with Gasteiger partial charge in [0.2, 0.25) is 5.91 Å². The molecule has 0 spiro atoms. The number of carbonyl (C=O) groups excluding carboxylic acids is 1. The average Bonchev–Trinajstić information content (AvgIpc) is 2.69. The quantitative estimate of drug-likeness (QED) is 0.651. The monoisotopic (exact) mass is 242 g/mol. The second-order valence-electron chi connectivity index (χ2n) is 5.93. The Balaban J connectivity index is 2.19. The molecule has 1 aliphatic rings. The number of hydrogen-bond donors (Lipinski definition) is 3. The highest BCUT2D eigenvalue weighted by Crippen LogP contribution is 2.30. The molecule has 100 valence electrons. The Morgan fingerprint density at radius 3 is 2.65 bits per heavy atom. The first-order valence-corrected chi connectivity index (χ1v) is 6.59. The topological polar surface area (TPSA) is 75.4 Å². The first-order chi connectivity index (χ1) is 7.92. The minimum atomic E-state index is -0.279. The second kappa shape index (κ2) is 6.36. The third-order valence-electron chi connectivity index (χ3n) is 3.61. The number of carbonyl (C=O) groups is 1. The molecule has 0 bridgehead atoms. The molecule has 2 unspecified atom stereocenters. The fourth-order valence-corrected chi connectivity index (χ4v) is 2.39. The summed E-state index contributed by atoms with van der Waals surface area (Å²) in [5, 5.41) is 12.1. The van der Waals surface area contributed by atoms with Gasteiger partial charge in [0.25, 0.3) is 0 Å². The summed E-state index contributed by atoms with van der Waals surface area (Å²) in [5.41, 5.74) is 5.55. The zero-order chi connectivity index (χ0) is 12.9. The van der Waals surface area contributed by atoms with Gasteiger partial charge in [-0.2, -0.15) is 0 Å². The van der Waals surface area contributed by atoms with Crippen LogP contribution in [0.5, 0.6) is 0 Å². The van der Waals surface area contributed by atoms with Crippen molar-refractivity contribution in [2.45, 2.75) is 51.5 Å². The Morgan fingerprint density at radius 2 is 2.06 bits per heavy atom. The molecule has 2 atom stereocenters. The van der Waals surface area contributed by atoms with Crippen molar-refractivity contribution in [3.63, 3.8) is 0 Å². The van der Waals surface area contributed by atoms with E-state index in [1.54, 1.807) is 0 Å². The summed E-state index contributed by atoms with van der Waals surface area (Å²) in [4.78, 5) is 11.6. The highest BCUT2D eigenvalue weighted by molar-refractivity contribution is 5.75. The van der Waals surface area contributed by atoms with Crippen LogP contribution in [0, 0.1) is 11.8 Å². The number of aliphatic hydroxyl groups is 1. The lowest BCUT2D eigenvalue weighted by atomic mass is 9.96. The predicted molar refractivity (Wildman–Crippen MR) is 68.4 cm³/mol.